The lowest BCUT2D eigenvalue weighted by atomic mass is 10.2. The number of aliphatic carboxylic acids is 1. The van der Waals surface area contributed by atoms with E-state index in [0.717, 1.165) is 6.42 Å². The summed E-state index contributed by atoms with van der Waals surface area (Å²) in [5.74, 6) is -0.822. The predicted octanol–water partition coefficient (Wildman–Crippen LogP) is 0.476. The van der Waals surface area contributed by atoms with E-state index in [9.17, 15) is 4.79 Å². The fraction of sp³-hybridized carbons (Fsp3) is 0.875. The first kappa shape index (κ1) is 11.4. The van der Waals surface area contributed by atoms with Gasteiger partial charge < -0.3 is 15.2 Å². The van der Waals surface area contributed by atoms with Crippen molar-refractivity contribution in [3.8, 4) is 0 Å². The zero-order valence-corrected chi connectivity index (χ0v) is 7.67. The monoisotopic (exact) mass is 175 g/mol. The number of carbonyl (C=O) groups is 1. The first-order chi connectivity index (χ1) is 5.72. The van der Waals surface area contributed by atoms with Crippen LogP contribution in [0.4, 0.5) is 0 Å². The van der Waals surface area contributed by atoms with Gasteiger partial charge in [0.25, 0.3) is 0 Å². The van der Waals surface area contributed by atoms with Crippen LogP contribution in [0.3, 0.4) is 0 Å². The Bertz CT molecular complexity index is 127. The molecule has 0 aromatic carbocycles. The van der Waals surface area contributed by atoms with Gasteiger partial charge in [0.2, 0.25) is 0 Å². The van der Waals surface area contributed by atoms with Crippen LogP contribution in [0.15, 0.2) is 0 Å². The Balaban J connectivity index is 3.38. The number of carboxylic acid groups (broad SMARTS) is 1. The van der Waals surface area contributed by atoms with E-state index in [0.29, 0.717) is 19.6 Å². The standard InChI is InChI=1S/C8H17NO3/c1-3-5-12-6-4-7(9-2)8(10)11/h7,9H,3-6H2,1-2H3,(H,10,11). The zero-order valence-electron chi connectivity index (χ0n) is 7.67. The van der Waals surface area contributed by atoms with Gasteiger partial charge in [0.15, 0.2) is 0 Å². The third kappa shape index (κ3) is 5.09. The smallest absolute Gasteiger partial charge is 0.320 e. The quantitative estimate of drug-likeness (QED) is 0.552. The van der Waals surface area contributed by atoms with Gasteiger partial charge in [-0.3, -0.25) is 4.79 Å². The third-order valence-electron chi connectivity index (χ3n) is 1.55. The van der Waals surface area contributed by atoms with Gasteiger partial charge >= 0.3 is 5.97 Å². The molecule has 4 nitrogen and oxygen atoms in total. The molecule has 12 heavy (non-hydrogen) atoms. The highest BCUT2D eigenvalue weighted by molar-refractivity contribution is 5.73. The van der Waals surface area contributed by atoms with E-state index in [1.54, 1.807) is 7.05 Å². The molecule has 4 heteroatoms. The van der Waals surface area contributed by atoms with E-state index in [1.165, 1.54) is 0 Å². The molecule has 0 aliphatic carbocycles. The molecule has 2 N–H and O–H groups in total. The maximum absolute atomic E-state index is 10.5. The number of hydrogen-bond acceptors (Lipinski definition) is 3. The molecule has 0 aromatic rings. The van der Waals surface area contributed by atoms with E-state index >= 15 is 0 Å². The summed E-state index contributed by atoms with van der Waals surface area (Å²) in [7, 11) is 1.64. The van der Waals surface area contributed by atoms with E-state index < -0.39 is 12.0 Å². The molecule has 0 aromatic heterocycles. The Morgan fingerprint density at radius 2 is 2.25 bits per heavy atom. The fourth-order valence-corrected chi connectivity index (χ4v) is 0.839. The predicted molar refractivity (Wildman–Crippen MR) is 46.2 cm³/mol. The molecule has 1 unspecified atom stereocenters. The van der Waals surface area contributed by atoms with Gasteiger partial charge in [-0.1, -0.05) is 6.92 Å². The molecule has 0 aliphatic heterocycles. The summed E-state index contributed by atoms with van der Waals surface area (Å²) in [6.45, 7) is 3.23. The van der Waals surface area contributed by atoms with Crippen LogP contribution in [-0.4, -0.2) is 37.4 Å². The molecule has 0 aliphatic rings. The number of rotatable bonds is 7. The van der Waals surface area contributed by atoms with Gasteiger partial charge in [-0.25, -0.2) is 0 Å². The van der Waals surface area contributed by atoms with E-state index in [1.807, 2.05) is 6.92 Å². The molecule has 72 valence electrons. The van der Waals surface area contributed by atoms with Gasteiger partial charge in [-0.2, -0.15) is 0 Å². The summed E-state index contributed by atoms with van der Waals surface area (Å²) in [6.07, 6.45) is 1.49. The summed E-state index contributed by atoms with van der Waals surface area (Å²) < 4.78 is 5.16. The van der Waals surface area contributed by atoms with Crippen molar-refractivity contribution in [3.63, 3.8) is 0 Å². The Morgan fingerprint density at radius 1 is 1.58 bits per heavy atom. The van der Waals surface area contributed by atoms with Crippen molar-refractivity contribution >= 4 is 5.97 Å². The zero-order chi connectivity index (χ0) is 9.40. The molecule has 0 saturated heterocycles. The lowest BCUT2D eigenvalue weighted by Gasteiger charge is -2.10. The first-order valence-corrected chi connectivity index (χ1v) is 4.20. The molecule has 0 heterocycles. The maximum Gasteiger partial charge on any atom is 0.320 e. The average Bonchev–Trinajstić information content (AvgIpc) is 2.04. The lowest BCUT2D eigenvalue weighted by Crippen LogP contribution is -2.34. The number of ether oxygens (including phenoxy) is 1. The lowest BCUT2D eigenvalue weighted by molar-refractivity contribution is -0.139. The molecular weight excluding hydrogens is 158 g/mol. The van der Waals surface area contributed by atoms with Crippen molar-refractivity contribution in [2.24, 2.45) is 0 Å². The number of likely N-dealkylation sites (N-methyl/N-ethyl adjacent to an activating group) is 1. The SMILES string of the molecule is CCCOCCC(NC)C(=O)O. The van der Waals surface area contributed by atoms with Crippen LogP contribution in [0.5, 0.6) is 0 Å². The minimum absolute atomic E-state index is 0.484. The third-order valence-corrected chi connectivity index (χ3v) is 1.55. The second kappa shape index (κ2) is 7.06. The van der Waals surface area contributed by atoms with E-state index in [4.69, 9.17) is 9.84 Å². The Kier molecular flexibility index (Phi) is 6.70. The molecular formula is C8H17NO3. The van der Waals surface area contributed by atoms with Gasteiger partial charge in [-0.15, -0.1) is 0 Å². The minimum Gasteiger partial charge on any atom is -0.480 e. The second-order valence-corrected chi connectivity index (χ2v) is 2.58. The minimum atomic E-state index is -0.822. The Labute approximate surface area is 72.9 Å². The van der Waals surface area contributed by atoms with Crippen molar-refractivity contribution in [2.75, 3.05) is 20.3 Å². The van der Waals surface area contributed by atoms with Crippen LogP contribution in [-0.2, 0) is 9.53 Å². The average molecular weight is 175 g/mol. The highest BCUT2D eigenvalue weighted by Gasteiger charge is 2.13. The number of nitrogens with one attached hydrogen (secondary N) is 1. The molecule has 0 amide bonds. The Hall–Kier alpha value is -0.610. The van der Waals surface area contributed by atoms with Crippen molar-refractivity contribution < 1.29 is 14.6 Å². The Morgan fingerprint density at radius 3 is 2.67 bits per heavy atom. The largest absolute Gasteiger partial charge is 0.480 e. The molecule has 1 atom stereocenters. The second-order valence-electron chi connectivity index (χ2n) is 2.58. The van der Waals surface area contributed by atoms with Crippen molar-refractivity contribution in [2.45, 2.75) is 25.8 Å². The van der Waals surface area contributed by atoms with Crippen LogP contribution < -0.4 is 5.32 Å². The summed E-state index contributed by atoms with van der Waals surface area (Å²) in [5.41, 5.74) is 0. The molecule has 0 saturated carbocycles. The normalized spacial score (nSPS) is 12.8. The number of carboxylic acids is 1. The summed E-state index contributed by atoms with van der Waals surface area (Å²) in [5, 5.41) is 11.3. The van der Waals surface area contributed by atoms with Crippen LogP contribution in [0, 0.1) is 0 Å². The first-order valence-electron chi connectivity index (χ1n) is 4.20. The van der Waals surface area contributed by atoms with Gasteiger partial charge in [0.05, 0.1) is 0 Å². The van der Waals surface area contributed by atoms with Crippen LogP contribution in [0.1, 0.15) is 19.8 Å². The van der Waals surface area contributed by atoms with Crippen molar-refractivity contribution in [1.82, 2.24) is 5.32 Å². The molecule has 0 rings (SSSR count). The fourth-order valence-electron chi connectivity index (χ4n) is 0.839. The van der Waals surface area contributed by atoms with Crippen molar-refractivity contribution in [3.05, 3.63) is 0 Å². The van der Waals surface area contributed by atoms with Crippen LogP contribution in [0.25, 0.3) is 0 Å². The topological polar surface area (TPSA) is 58.6 Å². The summed E-state index contributed by atoms with van der Waals surface area (Å²) in [6, 6.07) is -0.484. The van der Waals surface area contributed by atoms with Gasteiger partial charge in [0, 0.05) is 13.2 Å². The maximum atomic E-state index is 10.5. The van der Waals surface area contributed by atoms with Crippen LogP contribution in [0.2, 0.25) is 0 Å². The summed E-state index contributed by atoms with van der Waals surface area (Å²) in [4.78, 5) is 10.5. The van der Waals surface area contributed by atoms with E-state index in [-0.39, 0.29) is 0 Å². The molecule has 0 bridgehead atoms. The molecule has 0 fully saturated rings. The highest BCUT2D eigenvalue weighted by atomic mass is 16.5. The summed E-state index contributed by atoms with van der Waals surface area (Å²) >= 11 is 0. The van der Waals surface area contributed by atoms with Gasteiger partial charge in [-0.05, 0) is 19.9 Å². The van der Waals surface area contributed by atoms with Gasteiger partial charge in [0.1, 0.15) is 6.04 Å². The van der Waals surface area contributed by atoms with Crippen LogP contribution >= 0.6 is 0 Å². The molecule has 0 radical (unpaired) electrons. The highest BCUT2D eigenvalue weighted by Crippen LogP contribution is 1.93. The van der Waals surface area contributed by atoms with E-state index in [2.05, 4.69) is 5.32 Å². The molecule has 0 spiro atoms. The van der Waals surface area contributed by atoms with Crippen molar-refractivity contribution in [1.29, 1.82) is 0 Å². The number of hydrogen-bond donors (Lipinski definition) is 2.